The highest BCUT2D eigenvalue weighted by Gasteiger charge is 2.41. The molecule has 0 bridgehead atoms. The van der Waals surface area contributed by atoms with Crippen LogP contribution in [0.5, 0.6) is 0 Å². The van der Waals surface area contributed by atoms with Gasteiger partial charge in [-0.15, -0.1) is 6.58 Å². The number of hydrogen-bond donors (Lipinski definition) is 0. The SMILES string of the molecule is C=CCC(C/C=C(\Cc1ccc(F)cc1)C(=O)N1C(=O)OCC1Cc1ccccc1)C(=O)N1C(=O)OCC1Cc1ccccc1. The van der Waals surface area contributed by atoms with E-state index in [0.717, 1.165) is 16.0 Å². The fraction of sp³-hybridized carbons (Fsp3) is 0.278. The van der Waals surface area contributed by atoms with Gasteiger partial charge < -0.3 is 9.47 Å². The molecule has 0 aromatic heterocycles. The number of rotatable bonds is 12. The van der Waals surface area contributed by atoms with Gasteiger partial charge in [0.25, 0.3) is 5.91 Å². The second kappa shape index (κ2) is 14.6. The molecule has 3 unspecified atom stereocenters. The van der Waals surface area contributed by atoms with Gasteiger partial charge in [0.05, 0.1) is 12.1 Å². The van der Waals surface area contributed by atoms with Crippen molar-refractivity contribution in [1.29, 1.82) is 0 Å². The lowest BCUT2D eigenvalue weighted by Crippen LogP contribution is -2.43. The molecule has 0 spiro atoms. The molecule has 3 aromatic rings. The molecule has 45 heavy (non-hydrogen) atoms. The molecule has 4 amide bonds. The van der Waals surface area contributed by atoms with Crippen molar-refractivity contribution in [3.8, 4) is 0 Å². The summed E-state index contributed by atoms with van der Waals surface area (Å²) in [5.74, 6) is -2.10. The van der Waals surface area contributed by atoms with Crippen molar-refractivity contribution < 1.29 is 33.0 Å². The largest absolute Gasteiger partial charge is 0.447 e. The Morgan fingerprint density at radius 3 is 1.87 bits per heavy atom. The Morgan fingerprint density at radius 2 is 1.31 bits per heavy atom. The van der Waals surface area contributed by atoms with Crippen LogP contribution in [0.1, 0.15) is 29.5 Å². The number of carbonyl (C=O) groups is 4. The number of hydrogen-bond acceptors (Lipinski definition) is 6. The van der Waals surface area contributed by atoms with E-state index in [1.165, 1.54) is 17.0 Å². The highest BCUT2D eigenvalue weighted by Crippen LogP contribution is 2.26. The van der Waals surface area contributed by atoms with Crippen LogP contribution in [0, 0.1) is 11.7 Å². The van der Waals surface area contributed by atoms with Crippen LogP contribution >= 0.6 is 0 Å². The van der Waals surface area contributed by atoms with Gasteiger partial charge in [-0.05, 0) is 54.5 Å². The molecule has 2 aliphatic rings. The first-order valence-electron chi connectivity index (χ1n) is 15.0. The summed E-state index contributed by atoms with van der Waals surface area (Å²) in [5.41, 5.74) is 2.82. The molecule has 0 aliphatic carbocycles. The third-order valence-electron chi connectivity index (χ3n) is 8.04. The average Bonchev–Trinajstić information content (AvgIpc) is 3.60. The zero-order valence-electron chi connectivity index (χ0n) is 24.8. The van der Waals surface area contributed by atoms with Crippen molar-refractivity contribution in [2.45, 2.75) is 44.2 Å². The Bertz CT molecular complexity index is 1560. The van der Waals surface area contributed by atoms with Crippen LogP contribution in [0.3, 0.4) is 0 Å². The van der Waals surface area contributed by atoms with E-state index in [1.807, 2.05) is 60.7 Å². The molecular weight excluding hydrogens is 575 g/mol. The molecule has 2 saturated heterocycles. The van der Waals surface area contributed by atoms with Gasteiger partial charge in [0, 0.05) is 17.9 Å². The first-order chi connectivity index (χ1) is 21.8. The lowest BCUT2D eigenvalue weighted by Gasteiger charge is -2.25. The van der Waals surface area contributed by atoms with E-state index in [-0.39, 0.29) is 38.0 Å². The first-order valence-corrected chi connectivity index (χ1v) is 15.0. The van der Waals surface area contributed by atoms with Crippen LogP contribution in [0.4, 0.5) is 14.0 Å². The van der Waals surface area contributed by atoms with Gasteiger partial charge in [-0.2, -0.15) is 0 Å². The van der Waals surface area contributed by atoms with Crippen LogP contribution in [0.2, 0.25) is 0 Å². The van der Waals surface area contributed by atoms with Crippen molar-refractivity contribution in [2.24, 2.45) is 5.92 Å². The molecule has 232 valence electrons. The van der Waals surface area contributed by atoms with E-state index in [9.17, 15) is 23.6 Å². The van der Waals surface area contributed by atoms with E-state index in [4.69, 9.17) is 9.47 Å². The molecule has 5 rings (SSSR count). The van der Waals surface area contributed by atoms with Gasteiger partial charge in [0.2, 0.25) is 5.91 Å². The van der Waals surface area contributed by atoms with Crippen molar-refractivity contribution in [2.75, 3.05) is 13.2 Å². The van der Waals surface area contributed by atoms with Crippen LogP contribution < -0.4 is 0 Å². The third-order valence-corrected chi connectivity index (χ3v) is 8.04. The summed E-state index contributed by atoms with van der Waals surface area (Å²) in [5, 5.41) is 0. The molecule has 2 heterocycles. The molecule has 0 N–H and O–H groups in total. The maximum absolute atomic E-state index is 14.0. The van der Waals surface area contributed by atoms with Gasteiger partial charge >= 0.3 is 12.2 Å². The summed E-state index contributed by atoms with van der Waals surface area (Å²) in [6.45, 7) is 3.94. The minimum atomic E-state index is -0.742. The fourth-order valence-electron chi connectivity index (χ4n) is 5.70. The Hall–Kier alpha value is -5.05. The number of carbonyl (C=O) groups excluding carboxylic acids is 4. The quantitative estimate of drug-likeness (QED) is 0.183. The molecule has 3 aromatic carbocycles. The number of amides is 4. The molecule has 0 saturated carbocycles. The molecule has 0 radical (unpaired) electrons. The Balaban J connectivity index is 1.40. The monoisotopic (exact) mass is 610 g/mol. The van der Waals surface area contributed by atoms with Gasteiger partial charge in [-0.3, -0.25) is 9.59 Å². The molecule has 3 atom stereocenters. The smallest absolute Gasteiger partial charge is 0.417 e. The van der Waals surface area contributed by atoms with E-state index in [0.29, 0.717) is 18.4 Å². The summed E-state index contributed by atoms with van der Waals surface area (Å²) in [4.78, 5) is 55.7. The Morgan fingerprint density at radius 1 is 0.778 bits per heavy atom. The molecule has 9 heteroatoms. The zero-order valence-corrected chi connectivity index (χ0v) is 24.8. The van der Waals surface area contributed by atoms with Crippen LogP contribution in [0.25, 0.3) is 0 Å². The number of ether oxygens (including phenoxy) is 2. The molecule has 8 nitrogen and oxygen atoms in total. The van der Waals surface area contributed by atoms with Crippen molar-refractivity contribution in [3.63, 3.8) is 0 Å². The standard InChI is InChI=1S/C36H35FN2O6/c1-2-9-28(33(40)38-31(23-44-35(38)42)21-25-10-5-3-6-11-25)16-17-29(20-27-14-18-30(37)19-15-27)34(41)39-32(24-45-36(39)43)22-26-12-7-4-8-13-26/h2-8,10-15,17-19,28,31-32H,1,9,16,20-24H2/b29-17+. The highest BCUT2D eigenvalue weighted by molar-refractivity contribution is 6.04. The van der Waals surface area contributed by atoms with Gasteiger partial charge in [-0.1, -0.05) is 84.9 Å². The summed E-state index contributed by atoms with van der Waals surface area (Å²) < 4.78 is 24.2. The van der Waals surface area contributed by atoms with E-state index in [1.54, 1.807) is 24.3 Å². The highest BCUT2D eigenvalue weighted by atomic mass is 19.1. The summed E-state index contributed by atoms with van der Waals surface area (Å²) in [7, 11) is 0. The maximum atomic E-state index is 14.0. The van der Waals surface area contributed by atoms with Crippen molar-refractivity contribution in [1.82, 2.24) is 9.80 Å². The van der Waals surface area contributed by atoms with E-state index in [2.05, 4.69) is 6.58 Å². The van der Waals surface area contributed by atoms with Crippen LogP contribution in [-0.4, -0.2) is 59.1 Å². The zero-order chi connectivity index (χ0) is 31.8. The maximum Gasteiger partial charge on any atom is 0.417 e. The predicted octanol–water partition coefficient (Wildman–Crippen LogP) is 6.06. The minimum Gasteiger partial charge on any atom is -0.447 e. The van der Waals surface area contributed by atoms with Crippen molar-refractivity contribution in [3.05, 3.63) is 132 Å². The normalized spacial score (nSPS) is 18.8. The van der Waals surface area contributed by atoms with Gasteiger partial charge in [0.1, 0.15) is 19.0 Å². The lowest BCUT2D eigenvalue weighted by molar-refractivity contribution is -0.133. The number of imide groups is 2. The van der Waals surface area contributed by atoms with Crippen LogP contribution in [0.15, 0.2) is 109 Å². The molecule has 2 fully saturated rings. The topological polar surface area (TPSA) is 93.2 Å². The van der Waals surface area contributed by atoms with Gasteiger partial charge in [0.15, 0.2) is 0 Å². The predicted molar refractivity (Wildman–Crippen MR) is 165 cm³/mol. The van der Waals surface area contributed by atoms with E-state index >= 15 is 0 Å². The summed E-state index contributed by atoms with van der Waals surface area (Å²) in [6, 6.07) is 23.8. The second-order valence-electron chi connectivity index (χ2n) is 11.2. The Labute approximate surface area is 261 Å². The lowest BCUT2D eigenvalue weighted by atomic mass is 9.94. The molecular formula is C36H35FN2O6. The minimum absolute atomic E-state index is 0.0563. The van der Waals surface area contributed by atoms with E-state index < -0.39 is 47.8 Å². The Kier molecular flexibility index (Phi) is 10.2. The number of nitrogens with zero attached hydrogens (tertiary/aromatic N) is 2. The first kappa shape index (κ1) is 31.4. The second-order valence-corrected chi connectivity index (χ2v) is 11.2. The number of cyclic esters (lactones) is 2. The number of benzene rings is 3. The number of halogens is 1. The van der Waals surface area contributed by atoms with Crippen molar-refractivity contribution >= 4 is 24.0 Å². The summed E-state index contributed by atoms with van der Waals surface area (Å²) in [6.07, 6.45) is 3.09. The third kappa shape index (κ3) is 7.73. The number of allylic oxidation sites excluding steroid dienone is 2. The molecule has 2 aliphatic heterocycles. The van der Waals surface area contributed by atoms with Gasteiger partial charge in [-0.25, -0.2) is 23.8 Å². The van der Waals surface area contributed by atoms with Crippen LogP contribution in [-0.2, 0) is 38.3 Å². The fourth-order valence-corrected chi connectivity index (χ4v) is 5.70. The average molecular weight is 611 g/mol. The summed E-state index contributed by atoms with van der Waals surface area (Å²) >= 11 is 0.